The zero-order valence-electron chi connectivity index (χ0n) is 14.0. The number of fused-ring (bicyclic) bond motifs is 1. The second kappa shape index (κ2) is 5.82. The first-order valence-electron chi connectivity index (χ1n) is 8.32. The van der Waals surface area contributed by atoms with Crippen molar-refractivity contribution >= 4 is 17.0 Å². The Labute approximate surface area is 141 Å². The average Bonchev–Trinajstić information content (AvgIpc) is 3.05. The summed E-state index contributed by atoms with van der Waals surface area (Å²) in [4.78, 5) is 9.23. The Morgan fingerprint density at radius 3 is 2.33 bits per heavy atom. The molecule has 124 valence electrons. The number of pyridine rings is 1. The number of nitrogens with zero attached hydrogens (tertiary/aromatic N) is 4. The summed E-state index contributed by atoms with van der Waals surface area (Å²) in [5, 5.41) is 0. The lowest BCUT2D eigenvalue weighted by Gasteiger charge is -2.38. The number of anilines is 2. The third kappa shape index (κ3) is 2.50. The number of aryl methyl sites for hydroxylation is 2. The van der Waals surface area contributed by atoms with Crippen LogP contribution in [0.25, 0.3) is 5.65 Å². The first kappa shape index (κ1) is 15.0. The van der Waals surface area contributed by atoms with Gasteiger partial charge in [0, 0.05) is 61.7 Å². The van der Waals surface area contributed by atoms with Gasteiger partial charge in [0.15, 0.2) is 0 Å². The van der Waals surface area contributed by atoms with E-state index in [-0.39, 0.29) is 5.82 Å². The zero-order valence-corrected chi connectivity index (χ0v) is 14.0. The third-order valence-electron chi connectivity index (χ3n) is 4.85. The molecule has 24 heavy (non-hydrogen) atoms. The van der Waals surface area contributed by atoms with Crippen LogP contribution < -0.4 is 9.80 Å². The Morgan fingerprint density at radius 1 is 0.958 bits per heavy atom. The van der Waals surface area contributed by atoms with E-state index in [1.54, 1.807) is 0 Å². The van der Waals surface area contributed by atoms with Crippen LogP contribution in [0.2, 0.25) is 0 Å². The molecule has 0 aliphatic carbocycles. The lowest BCUT2D eigenvalue weighted by Crippen LogP contribution is -2.47. The summed E-state index contributed by atoms with van der Waals surface area (Å²) in [6, 6.07) is 6.78. The van der Waals surface area contributed by atoms with E-state index in [1.807, 2.05) is 24.5 Å². The van der Waals surface area contributed by atoms with Crippen LogP contribution in [0.3, 0.4) is 0 Å². The minimum Gasteiger partial charge on any atom is -0.368 e. The van der Waals surface area contributed by atoms with Crippen LogP contribution in [0.1, 0.15) is 11.1 Å². The number of halogens is 1. The predicted molar refractivity (Wildman–Crippen MR) is 95.5 cm³/mol. The quantitative estimate of drug-likeness (QED) is 0.722. The highest BCUT2D eigenvalue weighted by Gasteiger charge is 2.21. The van der Waals surface area contributed by atoms with Gasteiger partial charge in [-0.25, -0.2) is 9.37 Å². The molecule has 5 heteroatoms. The van der Waals surface area contributed by atoms with E-state index in [4.69, 9.17) is 0 Å². The van der Waals surface area contributed by atoms with Crippen LogP contribution in [0.5, 0.6) is 0 Å². The van der Waals surface area contributed by atoms with Crippen LogP contribution in [0, 0.1) is 19.7 Å². The first-order valence-corrected chi connectivity index (χ1v) is 8.32. The Hall–Kier alpha value is -2.56. The molecule has 1 aliphatic rings. The van der Waals surface area contributed by atoms with Crippen molar-refractivity contribution in [3.63, 3.8) is 0 Å². The van der Waals surface area contributed by atoms with E-state index in [0.717, 1.165) is 37.5 Å². The summed E-state index contributed by atoms with van der Waals surface area (Å²) >= 11 is 0. The number of benzene rings is 1. The van der Waals surface area contributed by atoms with Crippen molar-refractivity contribution < 1.29 is 4.39 Å². The standard InChI is InChI=1S/C19H21FN4/c1-14-13-24-8-7-21-19(24)15(2)18(14)23-11-9-22(10-12-23)17-5-3-16(20)4-6-17/h3-8,13H,9-12H2,1-2H3. The molecule has 1 fully saturated rings. The molecular weight excluding hydrogens is 303 g/mol. The molecule has 4 rings (SSSR count). The maximum Gasteiger partial charge on any atom is 0.141 e. The van der Waals surface area contributed by atoms with Crippen LogP contribution in [0.4, 0.5) is 15.8 Å². The van der Waals surface area contributed by atoms with Crippen LogP contribution in [0.15, 0.2) is 42.9 Å². The normalized spacial score (nSPS) is 15.3. The van der Waals surface area contributed by atoms with Crippen molar-refractivity contribution in [2.75, 3.05) is 36.0 Å². The van der Waals surface area contributed by atoms with E-state index < -0.39 is 0 Å². The van der Waals surface area contributed by atoms with Gasteiger partial charge in [-0.05, 0) is 43.7 Å². The summed E-state index contributed by atoms with van der Waals surface area (Å²) in [7, 11) is 0. The van der Waals surface area contributed by atoms with Crippen LogP contribution in [-0.2, 0) is 0 Å². The molecule has 0 N–H and O–H groups in total. The van der Waals surface area contributed by atoms with Crippen molar-refractivity contribution in [3.05, 3.63) is 59.8 Å². The maximum absolute atomic E-state index is 13.1. The molecule has 3 heterocycles. The molecule has 4 nitrogen and oxygen atoms in total. The average molecular weight is 324 g/mol. The molecular formula is C19H21FN4. The van der Waals surface area contributed by atoms with Crippen molar-refractivity contribution in [2.45, 2.75) is 13.8 Å². The Kier molecular flexibility index (Phi) is 3.63. The van der Waals surface area contributed by atoms with Gasteiger partial charge < -0.3 is 14.2 Å². The highest BCUT2D eigenvalue weighted by Crippen LogP contribution is 2.29. The van der Waals surface area contributed by atoms with E-state index in [0.29, 0.717) is 0 Å². The minimum absolute atomic E-state index is 0.184. The minimum atomic E-state index is -0.184. The fraction of sp³-hybridized carbons (Fsp3) is 0.316. The lowest BCUT2D eigenvalue weighted by molar-refractivity contribution is 0.624. The fourth-order valence-corrected chi connectivity index (χ4v) is 3.71. The van der Waals surface area contributed by atoms with Gasteiger partial charge in [0.1, 0.15) is 11.5 Å². The molecule has 0 saturated carbocycles. The maximum atomic E-state index is 13.1. The van der Waals surface area contributed by atoms with Crippen LogP contribution in [-0.4, -0.2) is 35.6 Å². The highest BCUT2D eigenvalue weighted by molar-refractivity contribution is 5.69. The van der Waals surface area contributed by atoms with E-state index in [2.05, 4.69) is 39.2 Å². The largest absolute Gasteiger partial charge is 0.368 e. The molecule has 3 aromatic rings. The molecule has 0 atom stereocenters. The molecule has 0 spiro atoms. The highest BCUT2D eigenvalue weighted by atomic mass is 19.1. The summed E-state index contributed by atoms with van der Waals surface area (Å²) in [6.45, 7) is 8.09. The molecule has 0 amide bonds. The summed E-state index contributed by atoms with van der Waals surface area (Å²) in [6.07, 6.45) is 5.99. The number of hydrogen-bond donors (Lipinski definition) is 0. The second-order valence-corrected chi connectivity index (χ2v) is 6.39. The number of rotatable bonds is 2. The zero-order chi connectivity index (χ0) is 16.7. The number of imidazole rings is 1. The lowest BCUT2D eigenvalue weighted by atomic mass is 10.1. The summed E-state index contributed by atoms with van der Waals surface area (Å²) in [5.74, 6) is -0.184. The number of hydrogen-bond acceptors (Lipinski definition) is 3. The molecule has 0 bridgehead atoms. The predicted octanol–water partition coefficient (Wildman–Crippen LogP) is 3.42. The molecule has 1 aromatic carbocycles. The molecule has 1 aliphatic heterocycles. The van der Waals surface area contributed by atoms with Gasteiger partial charge in [-0.15, -0.1) is 0 Å². The Morgan fingerprint density at radius 2 is 1.62 bits per heavy atom. The van der Waals surface area contributed by atoms with Crippen molar-refractivity contribution in [2.24, 2.45) is 0 Å². The van der Waals surface area contributed by atoms with Crippen molar-refractivity contribution in [3.8, 4) is 0 Å². The second-order valence-electron chi connectivity index (χ2n) is 6.39. The van der Waals surface area contributed by atoms with Gasteiger partial charge in [-0.2, -0.15) is 0 Å². The summed E-state index contributed by atoms with van der Waals surface area (Å²) < 4.78 is 15.2. The number of aromatic nitrogens is 2. The SMILES string of the molecule is Cc1cn2ccnc2c(C)c1N1CCN(c2ccc(F)cc2)CC1. The molecule has 1 saturated heterocycles. The third-order valence-corrected chi connectivity index (χ3v) is 4.85. The van der Waals surface area contributed by atoms with Gasteiger partial charge in [-0.1, -0.05) is 0 Å². The van der Waals surface area contributed by atoms with Gasteiger partial charge in [-0.3, -0.25) is 0 Å². The van der Waals surface area contributed by atoms with E-state index >= 15 is 0 Å². The number of piperazine rings is 1. The topological polar surface area (TPSA) is 23.8 Å². The monoisotopic (exact) mass is 324 g/mol. The van der Waals surface area contributed by atoms with Gasteiger partial charge in [0.05, 0.1) is 0 Å². The first-order chi connectivity index (χ1) is 11.6. The van der Waals surface area contributed by atoms with Crippen molar-refractivity contribution in [1.82, 2.24) is 9.38 Å². The van der Waals surface area contributed by atoms with Gasteiger partial charge in [0.2, 0.25) is 0 Å². The smallest absolute Gasteiger partial charge is 0.141 e. The molecule has 2 aromatic heterocycles. The fourth-order valence-electron chi connectivity index (χ4n) is 3.71. The van der Waals surface area contributed by atoms with Crippen molar-refractivity contribution in [1.29, 1.82) is 0 Å². The van der Waals surface area contributed by atoms with E-state index in [1.165, 1.54) is 28.9 Å². The van der Waals surface area contributed by atoms with Crippen LogP contribution >= 0.6 is 0 Å². The molecule has 0 unspecified atom stereocenters. The van der Waals surface area contributed by atoms with Gasteiger partial charge in [0.25, 0.3) is 0 Å². The summed E-state index contributed by atoms with van der Waals surface area (Å²) in [5.41, 5.74) is 5.92. The van der Waals surface area contributed by atoms with Gasteiger partial charge >= 0.3 is 0 Å². The Balaban J connectivity index is 1.56. The van der Waals surface area contributed by atoms with E-state index in [9.17, 15) is 4.39 Å². The molecule has 0 radical (unpaired) electrons. The Bertz CT molecular complexity index is 861.